The van der Waals surface area contributed by atoms with E-state index in [1.54, 1.807) is 0 Å². The highest BCUT2D eigenvalue weighted by Gasteiger charge is 2.28. The second kappa shape index (κ2) is 7.21. The Labute approximate surface area is 134 Å². The van der Waals surface area contributed by atoms with Crippen LogP contribution in [-0.2, 0) is 14.8 Å². The molecule has 1 heterocycles. The van der Waals surface area contributed by atoms with Gasteiger partial charge in [0.2, 0.25) is 10.0 Å². The topological polar surface area (TPSA) is 122 Å². The minimum absolute atomic E-state index is 0.121. The van der Waals surface area contributed by atoms with Crippen molar-refractivity contribution in [3.63, 3.8) is 0 Å². The number of sulfonamides is 1. The average Bonchev–Trinajstić information content (AvgIpc) is 2.53. The van der Waals surface area contributed by atoms with E-state index in [2.05, 4.69) is 5.32 Å². The molecular formula is C13H19N3O6S. The summed E-state index contributed by atoms with van der Waals surface area (Å²) in [4.78, 5) is 10.4. The van der Waals surface area contributed by atoms with Gasteiger partial charge in [0.05, 0.1) is 29.1 Å². The quantitative estimate of drug-likeness (QED) is 0.565. The van der Waals surface area contributed by atoms with Crippen LogP contribution >= 0.6 is 0 Å². The SMILES string of the molecule is C[C@H](O)CNc1ccc(S(=O)(=O)N2CCOCC2)cc1[N+](=O)[O-]. The Balaban J connectivity index is 2.32. The molecule has 2 rings (SSSR count). The lowest BCUT2D eigenvalue weighted by Crippen LogP contribution is -2.40. The van der Waals surface area contributed by atoms with Gasteiger partial charge in [0.15, 0.2) is 0 Å². The molecule has 0 aliphatic carbocycles. The Morgan fingerprint density at radius 2 is 2.09 bits per heavy atom. The fourth-order valence-electron chi connectivity index (χ4n) is 2.17. The third kappa shape index (κ3) is 4.16. The number of benzene rings is 1. The van der Waals surface area contributed by atoms with E-state index in [-0.39, 0.29) is 35.9 Å². The molecule has 23 heavy (non-hydrogen) atoms. The van der Waals surface area contributed by atoms with Crippen LogP contribution in [-0.4, -0.2) is 61.7 Å². The second-order valence-corrected chi connectivity index (χ2v) is 7.12. The van der Waals surface area contributed by atoms with Crippen LogP contribution in [0.1, 0.15) is 6.92 Å². The molecule has 0 unspecified atom stereocenters. The monoisotopic (exact) mass is 345 g/mol. The molecule has 0 aromatic heterocycles. The van der Waals surface area contributed by atoms with Gasteiger partial charge in [-0.25, -0.2) is 8.42 Å². The first-order valence-corrected chi connectivity index (χ1v) is 8.54. The van der Waals surface area contributed by atoms with Crippen LogP contribution in [0, 0.1) is 10.1 Å². The zero-order valence-corrected chi connectivity index (χ0v) is 13.5. The van der Waals surface area contributed by atoms with Crippen LogP contribution in [0.25, 0.3) is 0 Å². The number of ether oxygens (including phenoxy) is 1. The Bertz CT molecular complexity index is 670. The van der Waals surface area contributed by atoms with Crippen molar-refractivity contribution in [3.05, 3.63) is 28.3 Å². The van der Waals surface area contributed by atoms with E-state index < -0.39 is 21.1 Å². The number of aliphatic hydroxyl groups is 1. The van der Waals surface area contributed by atoms with E-state index in [0.717, 1.165) is 6.07 Å². The van der Waals surface area contributed by atoms with Gasteiger partial charge in [-0.1, -0.05) is 0 Å². The van der Waals surface area contributed by atoms with Crippen molar-refractivity contribution >= 4 is 21.4 Å². The molecule has 0 spiro atoms. The molecule has 0 amide bonds. The molecule has 0 saturated carbocycles. The van der Waals surface area contributed by atoms with Crippen LogP contribution in [0.2, 0.25) is 0 Å². The Hall–Kier alpha value is -1.75. The number of nitro groups is 1. The Morgan fingerprint density at radius 3 is 2.65 bits per heavy atom. The van der Waals surface area contributed by atoms with Gasteiger partial charge >= 0.3 is 0 Å². The number of nitrogens with one attached hydrogen (secondary N) is 1. The molecule has 9 nitrogen and oxygen atoms in total. The average molecular weight is 345 g/mol. The number of anilines is 1. The summed E-state index contributed by atoms with van der Waals surface area (Å²) in [5.74, 6) is 0. The fourth-order valence-corrected chi connectivity index (χ4v) is 3.59. The lowest BCUT2D eigenvalue weighted by atomic mass is 10.2. The van der Waals surface area contributed by atoms with E-state index in [1.807, 2.05) is 0 Å². The summed E-state index contributed by atoms with van der Waals surface area (Å²) in [5.41, 5.74) is -0.184. The summed E-state index contributed by atoms with van der Waals surface area (Å²) in [5, 5.41) is 23.2. The standard InChI is InChI=1S/C13H19N3O6S/c1-10(17)9-14-12-3-2-11(8-13(12)16(18)19)23(20,21)15-4-6-22-7-5-15/h2-3,8,10,14,17H,4-7,9H2,1H3/t10-/m0/s1. The maximum atomic E-state index is 12.5. The van der Waals surface area contributed by atoms with Gasteiger partial charge in [0.25, 0.3) is 5.69 Å². The molecule has 1 aliphatic heterocycles. The third-order valence-electron chi connectivity index (χ3n) is 3.36. The van der Waals surface area contributed by atoms with Gasteiger partial charge in [0.1, 0.15) is 5.69 Å². The van der Waals surface area contributed by atoms with Gasteiger partial charge in [-0.2, -0.15) is 4.31 Å². The van der Waals surface area contributed by atoms with E-state index in [1.165, 1.54) is 23.4 Å². The first-order chi connectivity index (χ1) is 10.8. The Kier molecular flexibility index (Phi) is 5.52. The molecule has 1 aromatic carbocycles. The molecule has 0 bridgehead atoms. The van der Waals surface area contributed by atoms with Gasteiger partial charge in [-0.15, -0.1) is 0 Å². The largest absolute Gasteiger partial charge is 0.392 e. The molecule has 1 aliphatic rings. The molecule has 1 saturated heterocycles. The number of aliphatic hydroxyl groups excluding tert-OH is 1. The van der Waals surface area contributed by atoms with Crippen molar-refractivity contribution in [2.24, 2.45) is 0 Å². The van der Waals surface area contributed by atoms with Gasteiger partial charge in [-0.05, 0) is 19.1 Å². The Morgan fingerprint density at radius 1 is 1.43 bits per heavy atom. The highest BCUT2D eigenvalue weighted by atomic mass is 32.2. The lowest BCUT2D eigenvalue weighted by molar-refractivity contribution is -0.384. The van der Waals surface area contributed by atoms with Gasteiger partial charge < -0.3 is 15.2 Å². The summed E-state index contributed by atoms with van der Waals surface area (Å²) in [7, 11) is -3.79. The van der Waals surface area contributed by atoms with E-state index in [9.17, 15) is 23.6 Å². The normalized spacial score (nSPS) is 17.7. The first kappa shape index (κ1) is 17.6. The van der Waals surface area contributed by atoms with E-state index in [4.69, 9.17) is 4.74 Å². The fraction of sp³-hybridized carbons (Fsp3) is 0.538. The lowest BCUT2D eigenvalue weighted by Gasteiger charge is -2.26. The zero-order valence-electron chi connectivity index (χ0n) is 12.6. The minimum Gasteiger partial charge on any atom is -0.392 e. The van der Waals surface area contributed by atoms with Gasteiger partial charge in [0, 0.05) is 25.7 Å². The van der Waals surface area contributed by atoms with Crippen molar-refractivity contribution in [1.29, 1.82) is 0 Å². The van der Waals surface area contributed by atoms with Crippen LogP contribution in [0.3, 0.4) is 0 Å². The van der Waals surface area contributed by atoms with Crippen LogP contribution in [0.15, 0.2) is 23.1 Å². The number of nitrogens with zero attached hydrogens (tertiary/aromatic N) is 2. The molecule has 2 N–H and O–H groups in total. The predicted molar refractivity (Wildman–Crippen MR) is 82.8 cm³/mol. The summed E-state index contributed by atoms with van der Waals surface area (Å²) >= 11 is 0. The summed E-state index contributed by atoms with van der Waals surface area (Å²) in [6.45, 7) is 2.70. The highest BCUT2D eigenvalue weighted by molar-refractivity contribution is 7.89. The summed E-state index contributed by atoms with van der Waals surface area (Å²) in [6, 6.07) is 3.70. The van der Waals surface area contributed by atoms with Crippen molar-refractivity contribution in [1.82, 2.24) is 4.31 Å². The number of hydrogen-bond donors (Lipinski definition) is 2. The second-order valence-electron chi connectivity index (χ2n) is 5.18. The molecule has 1 fully saturated rings. The van der Waals surface area contributed by atoms with Gasteiger partial charge in [-0.3, -0.25) is 10.1 Å². The molecular weight excluding hydrogens is 326 g/mol. The van der Waals surface area contributed by atoms with E-state index in [0.29, 0.717) is 13.2 Å². The van der Waals surface area contributed by atoms with Crippen molar-refractivity contribution in [2.75, 3.05) is 38.2 Å². The van der Waals surface area contributed by atoms with Crippen LogP contribution in [0.5, 0.6) is 0 Å². The summed E-state index contributed by atoms with van der Waals surface area (Å²) in [6.07, 6.45) is -0.689. The zero-order chi connectivity index (χ0) is 17.0. The minimum atomic E-state index is -3.79. The highest BCUT2D eigenvalue weighted by Crippen LogP contribution is 2.29. The van der Waals surface area contributed by atoms with Crippen LogP contribution in [0.4, 0.5) is 11.4 Å². The molecule has 128 valence electrons. The molecule has 1 aromatic rings. The van der Waals surface area contributed by atoms with Crippen molar-refractivity contribution in [2.45, 2.75) is 17.9 Å². The maximum Gasteiger partial charge on any atom is 0.293 e. The summed E-state index contributed by atoms with van der Waals surface area (Å²) < 4.78 is 31.4. The first-order valence-electron chi connectivity index (χ1n) is 7.10. The molecule has 0 radical (unpaired) electrons. The predicted octanol–water partition coefficient (Wildman–Crippen LogP) is 0.408. The number of rotatable bonds is 6. The molecule has 10 heteroatoms. The van der Waals surface area contributed by atoms with Crippen molar-refractivity contribution < 1.29 is 23.2 Å². The van der Waals surface area contributed by atoms with E-state index >= 15 is 0 Å². The van der Waals surface area contributed by atoms with Crippen LogP contribution < -0.4 is 5.32 Å². The smallest absolute Gasteiger partial charge is 0.293 e. The maximum absolute atomic E-state index is 12.5. The molecule has 1 atom stereocenters. The third-order valence-corrected chi connectivity index (χ3v) is 5.26. The number of nitro benzene ring substituents is 1. The van der Waals surface area contributed by atoms with Crippen molar-refractivity contribution in [3.8, 4) is 0 Å². The number of hydrogen-bond acceptors (Lipinski definition) is 7. The number of morpholine rings is 1.